The zero-order valence-electron chi connectivity index (χ0n) is 22.4. The highest BCUT2D eigenvalue weighted by Crippen LogP contribution is 2.54. The molecule has 1 aliphatic heterocycles. The molecular formula is C29H29N3O9. The molecule has 7 N–H and O–H groups in total. The van der Waals surface area contributed by atoms with Crippen molar-refractivity contribution in [3.05, 3.63) is 57.9 Å². The van der Waals surface area contributed by atoms with Crippen molar-refractivity contribution in [2.75, 3.05) is 31.1 Å². The number of nitrogens with two attached hydrogens (primary N) is 1. The minimum Gasteiger partial charge on any atom is -0.508 e. The SMILES string of the molecule is CN(C)c1cc(NCc2ccc3c(c2)OCO3)c(O)c2c1C[C@H]1C[C@H]3CC(=O)C(C(N)=O)=C(O)[C@@]3(O)C(=O)C1=C2O. The molecule has 0 aromatic heterocycles. The second-order valence-corrected chi connectivity index (χ2v) is 11.0. The number of rotatable bonds is 5. The van der Waals surface area contributed by atoms with Gasteiger partial charge >= 0.3 is 0 Å². The molecule has 1 heterocycles. The van der Waals surface area contributed by atoms with Gasteiger partial charge < -0.3 is 45.9 Å². The maximum Gasteiger partial charge on any atom is 0.255 e. The van der Waals surface area contributed by atoms with Crippen LogP contribution in [0.5, 0.6) is 17.2 Å². The summed E-state index contributed by atoms with van der Waals surface area (Å²) < 4.78 is 10.8. The number of ether oxygens (including phenoxy) is 2. The normalized spacial score (nSPS) is 24.6. The van der Waals surface area contributed by atoms with Crippen molar-refractivity contribution < 1.29 is 44.3 Å². The first kappa shape index (κ1) is 26.5. The number of fused-ring (bicyclic) bond motifs is 4. The number of aliphatic hydroxyl groups is 3. The quantitative estimate of drug-likeness (QED) is 0.230. The molecule has 12 heteroatoms. The molecule has 4 aliphatic rings. The van der Waals surface area contributed by atoms with Gasteiger partial charge in [0, 0.05) is 44.2 Å². The lowest BCUT2D eigenvalue weighted by atomic mass is 9.59. The van der Waals surface area contributed by atoms with Gasteiger partial charge in [-0.2, -0.15) is 0 Å². The number of benzene rings is 2. The van der Waals surface area contributed by atoms with E-state index in [0.717, 1.165) is 5.56 Å². The molecule has 1 fully saturated rings. The van der Waals surface area contributed by atoms with Crippen LogP contribution in [0.15, 0.2) is 41.2 Å². The number of hydrogen-bond donors (Lipinski definition) is 6. The summed E-state index contributed by atoms with van der Waals surface area (Å²) in [6.07, 6.45) is -0.0744. The molecule has 3 atom stereocenters. The summed E-state index contributed by atoms with van der Waals surface area (Å²) >= 11 is 0. The number of hydrogen-bond acceptors (Lipinski definition) is 11. The van der Waals surface area contributed by atoms with E-state index in [-0.39, 0.29) is 48.6 Å². The van der Waals surface area contributed by atoms with Crippen molar-refractivity contribution in [1.29, 1.82) is 0 Å². The number of phenolic OH excluding ortho intramolecular Hbond substituents is 1. The molecule has 0 radical (unpaired) electrons. The Hall–Kier alpha value is -4.71. The van der Waals surface area contributed by atoms with Gasteiger partial charge in [0.05, 0.1) is 11.3 Å². The van der Waals surface area contributed by atoms with Gasteiger partial charge in [0.15, 0.2) is 22.9 Å². The number of carbonyl (C=O) groups is 3. The summed E-state index contributed by atoms with van der Waals surface area (Å²) in [6.45, 7) is 0.431. The van der Waals surface area contributed by atoms with Crippen LogP contribution in [0.4, 0.5) is 11.4 Å². The van der Waals surface area contributed by atoms with Crippen LogP contribution in [-0.2, 0) is 27.3 Å². The van der Waals surface area contributed by atoms with Crippen LogP contribution < -0.4 is 25.4 Å². The highest BCUT2D eigenvalue weighted by molar-refractivity contribution is 6.22. The number of aliphatic hydroxyl groups excluding tert-OH is 2. The van der Waals surface area contributed by atoms with Gasteiger partial charge in [0.2, 0.25) is 12.6 Å². The Morgan fingerprint density at radius 3 is 2.56 bits per heavy atom. The van der Waals surface area contributed by atoms with E-state index in [2.05, 4.69) is 5.32 Å². The lowest BCUT2D eigenvalue weighted by Crippen LogP contribution is -2.58. The van der Waals surface area contributed by atoms with Gasteiger partial charge in [0.25, 0.3) is 5.91 Å². The molecule has 12 nitrogen and oxygen atoms in total. The number of ketones is 2. The minimum atomic E-state index is -2.61. The van der Waals surface area contributed by atoms with Crippen LogP contribution in [0.1, 0.15) is 29.5 Å². The van der Waals surface area contributed by atoms with Gasteiger partial charge in [-0.05, 0) is 48.1 Å². The maximum atomic E-state index is 13.8. The molecule has 0 unspecified atom stereocenters. The van der Waals surface area contributed by atoms with Crippen LogP contribution in [0.2, 0.25) is 0 Å². The Morgan fingerprint density at radius 1 is 1.12 bits per heavy atom. The van der Waals surface area contributed by atoms with Crippen LogP contribution in [0, 0.1) is 11.8 Å². The van der Waals surface area contributed by atoms with Crippen molar-refractivity contribution >= 4 is 34.6 Å². The predicted molar refractivity (Wildman–Crippen MR) is 146 cm³/mol. The van der Waals surface area contributed by atoms with Crippen molar-refractivity contribution in [3.63, 3.8) is 0 Å². The highest BCUT2D eigenvalue weighted by Gasteiger charge is 2.60. The Balaban J connectivity index is 1.43. The first-order chi connectivity index (χ1) is 19.4. The topological polar surface area (TPSA) is 192 Å². The fraction of sp³-hybridized carbons (Fsp3) is 0.345. The number of anilines is 2. The van der Waals surface area contributed by atoms with E-state index in [0.29, 0.717) is 29.3 Å². The molecule has 1 amide bonds. The van der Waals surface area contributed by atoms with Crippen molar-refractivity contribution in [2.24, 2.45) is 17.6 Å². The molecule has 3 aliphatic carbocycles. The number of nitrogens with zero attached hydrogens (tertiary/aromatic N) is 1. The van der Waals surface area contributed by atoms with Crippen molar-refractivity contribution in [1.82, 2.24) is 0 Å². The molecule has 0 saturated heterocycles. The largest absolute Gasteiger partial charge is 0.508 e. The fourth-order valence-electron chi connectivity index (χ4n) is 6.45. The molecule has 1 saturated carbocycles. The minimum absolute atomic E-state index is 0.0246. The number of Topliss-reactive ketones (excluding diaryl/α,β-unsaturated/α-hetero) is 2. The van der Waals surface area contributed by atoms with E-state index in [4.69, 9.17) is 15.2 Å². The number of carbonyl (C=O) groups excluding carboxylic acids is 3. The fourth-order valence-corrected chi connectivity index (χ4v) is 6.45. The highest BCUT2D eigenvalue weighted by atomic mass is 16.7. The first-order valence-electron chi connectivity index (χ1n) is 13.1. The molecule has 41 heavy (non-hydrogen) atoms. The smallest absolute Gasteiger partial charge is 0.255 e. The Labute approximate surface area is 234 Å². The molecule has 2 aromatic rings. The summed E-state index contributed by atoms with van der Waals surface area (Å²) in [5.74, 6) is -5.36. The third kappa shape index (κ3) is 3.81. The zero-order valence-corrected chi connectivity index (χ0v) is 22.4. The Bertz CT molecular complexity index is 1610. The molecule has 0 bridgehead atoms. The van der Waals surface area contributed by atoms with Gasteiger partial charge in [-0.1, -0.05) is 6.07 Å². The molecule has 6 rings (SSSR count). The van der Waals surface area contributed by atoms with E-state index in [1.165, 1.54) is 0 Å². The second kappa shape index (κ2) is 9.16. The number of primary amides is 1. The third-order valence-corrected chi connectivity index (χ3v) is 8.44. The van der Waals surface area contributed by atoms with Crippen LogP contribution >= 0.6 is 0 Å². The summed E-state index contributed by atoms with van der Waals surface area (Å²) in [4.78, 5) is 40.0. The van der Waals surface area contributed by atoms with E-state index in [9.17, 15) is 34.8 Å². The monoisotopic (exact) mass is 563 g/mol. The van der Waals surface area contributed by atoms with E-state index < -0.39 is 52.0 Å². The van der Waals surface area contributed by atoms with E-state index >= 15 is 0 Å². The summed E-state index contributed by atoms with van der Waals surface area (Å²) in [5.41, 5.74) is 4.07. The zero-order chi connectivity index (χ0) is 29.4. The van der Waals surface area contributed by atoms with Gasteiger partial charge in [-0.15, -0.1) is 0 Å². The maximum absolute atomic E-state index is 13.8. The lowest BCUT2D eigenvalue weighted by molar-refractivity contribution is -0.147. The molecule has 0 spiro atoms. The second-order valence-electron chi connectivity index (χ2n) is 11.0. The van der Waals surface area contributed by atoms with E-state index in [1.807, 2.05) is 31.1 Å². The third-order valence-electron chi connectivity index (χ3n) is 8.44. The summed E-state index contributed by atoms with van der Waals surface area (Å²) in [5, 5.41) is 48.2. The Kier molecular flexibility index (Phi) is 5.93. The standard InChI is InChI=1S/C29H29N3O9/c1-32(2)17-9-16(31-10-12-3-4-19-20(5-12)41-11-40-19)24(34)22-15(17)7-13-6-14-8-18(33)23(28(30)38)27(37)29(14,39)26(36)21(13)25(22)35/h3-5,9,13-14,31,34-35,37,39H,6-8,10-11H2,1-2H3,(H2,30,38)/t13-,14+,29+/m1/s1. The average molecular weight is 564 g/mol. The van der Waals surface area contributed by atoms with Gasteiger partial charge in [-0.3, -0.25) is 14.4 Å². The van der Waals surface area contributed by atoms with Crippen LogP contribution in [0.25, 0.3) is 5.76 Å². The molecular weight excluding hydrogens is 534 g/mol. The molecule has 214 valence electrons. The molecule has 2 aromatic carbocycles. The van der Waals surface area contributed by atoms with Gasteiger partial charge in [0.1, 0.15) is 22.8 Å². The lowest BCUT2D eigenvalue weighted by Gasteiger charge is -2.46. The number of amides is 1. The Morgan fingerprint density at radius 2 is 1.85 bits per heavy atom. The predicted octanol–water partition coefficient (Wildman–Crippen LogP) is 1.83. The van der Waals surface area contributed by atoms with Crippen molar-refractivity contribution in [3.8, 4) is 17.2 Å². The van der Waals surface area contributed by atoms with Crippen LogP contribution in [-0.4, -0.2) is 64.4 Å². The van der Waals surface area contributed by atoms with Gasteiger partial charge in [-0.25, -0.2) is 0 Å². The van der Waals surface area contributed by atoms with Crippen molar-refractivity contribution in [2.45, 2.75) is 31.4 Å². The number of aromatic hydroxyl groups is 1. The number of nitrogens with one attached hydrogen (secondary N) is 1. The summed E-state index contributed by atoms with van der Waals surface area (Å²) in [6, 6.07) is 7.19. The average Bonchev–Trinajstić information content (AvgIpc) is 3.38. The first-order valence-corrected chi connectivity index (χ1v) is 13.1. The summed E-state index contributed by atoms with van der Waals surface area (Å²) in [7, 11) is 3.62. The van der Waals surface area contributed by atoms with Crippen LogP contribution in [0.3, 0.4) is 0 Å². The number of phenols is 1. The van der Waals surface area contributed by atoms with E-state index in [1.54, 1.807) is 12.1 Å².